The van der Waals surface area contributed by atoms with Gasteiger partial charge in [0.1, 0.15) is 0 Å². The quantitative estimate of drug-likeness (QED) is 0.662. The number of halogens is 1. The Balaban J connectivity index is 1.66. The molecule has 0 fully saturated rings. The molecule has 7 heteroatoms. The van der Waals surface area contributed by atoms with Gasteiger partial charge in [0.25, 0.3) is 5.91 Å². The fraction of sp³-hybridized carbons (Fsp3) is 0.100. The number of para-hydroxylation sites is 1. The van der Waals surface area contributed by atoms with E-state index in [1.54, 1.807) is 41.3 Å². The van der Waals surface area contributed by atoms with Crippen LogP contribution in [0.25, 0.3) is 0 Å². The Morgan fingerprint density at radius 2 is 1.70 bits per heavy atom. The van der Waals surface area contributed by atoms with Crippen LogP contribution in [0.5, 0.6) is 0 Å². The molecule has 3 amide bonds. The summed E-state index contributed by atoms with van der Waals surface area (Å²) in [6, 6.07) is 19.0. The van der Waals surface area contributed by atoms with E-state index in [0.717, 1.165) is 5.69 Å². The van der Waals surface area contributed by atoms with Gasteiger partial charge in [-0.3, -0.25) is 9.69 Å². The van der Waals surface area contributed by atoms with E-state index >= 15 is 0 Å². The summed E-state index contributed by atoms with van der Waals surface area (Å²) < 4.78 is 5.06. The second-order valence-corrected chi connectivity index (χ2v) is 6.09. The summed E-state index contributed by atoms with van der Waals surface area (Å²) in [5.41, 5.74) is 1.35. The van der Waals surface area contributed by atoms with Crippen molar-refractivity contribution in [2.75, 3.05) is 23.3 Å². The van der Waals surface area contributed by atoms with Crippen molar-refractivity contribution in [3.05, 3.63) is 83.8 Å². The lowest BCUT2D eigenvalue weighted by Gasteiger charge is -2.23. The third-order valence-corrected chi connectivity index (χ3v) is 4.03. The molecule has 0 saturated heterocycles. The van der Waals surface area contributed by atoms with Crippen LogP contribution in [-0.2, 0) is 0 Å². The highest BCUT2D eigenvalue weighted by molar-refractivity contribution is 6.30. The van der Waals surface area contributed by atoms with E-state index < -0.39 is 0 Å². The summed E-state index contributed by atoms with van der Waals surface area (Å²) in [6.07, 6.45) is 1.44. The van der Waals surface area contributed by atoms with E-state index in [0.29, 0.717) is 10.7 Å². The standard InChI is InChI=1S/C20H18ClN3O3/c21-15-8-10-16(11-9-15)23-20(26)24(17-5-2-1-3-6-17)13-12-22-19(25)18-7-4-14-27-18/h1-11,14H,12-13H2,(H,22,25)(H,23,26). The zero-order valence-corrected chi connectivity index (χ0v) is 15.1. The fourth-order valence-electron chi connectivity index (χ4n) is 2.46. The number of hydrogen-bond donors (Lipinski definition) is 2. The number of carbonyl (C=O) groups excluding carboxylic acids is 2. The summed E-state index contributed by atoms with van der Waals surface area (Å²) in [5, 5.41) is 6.16. The van der Waals surface area contributed by atoms with Crippen molar-refractivity contribution in [2.24, 2.45) is 0 Å². The third-order valence-electron chi connectivity index (χ3n) is 3.77. The molecule has 3 aromatic rings. The van der Waals surface area contributed by atoms with Gasteiger partial charge in [-0.05, 0) is 48.5 Å². The highest BCUT2D eigenvalue weighted by atomic mass is 35.5. The zero-order chi connectivity index (χ0) is 19.1. The van der Waals surface area contributed by atoms with Gasteiger partial charge in [-0.25, -0.2) is 4.79 Å². The van der Waals surface area contributed by atoms with Gasteiger partial charge in [0.15, 0.2) is 5.76 Å². The normalized spacial score (nSPS) is 10.3. The van der Waals surface area contributed by atoms with Crippen LogP contribution in [0.1, 0.15) is 10.6 Å². The van der Waals surface area contributed by atoms with Gasteiger partial charge in [-0.1, -0.05) is 29.8 Å². The second kappa shape index (κ2) is 8.91. The molecule has 0 unspecified atom stereocenters. The van der Waals surface area contributed by atoms with Crippen molar-refractivity contribution >= 4 is 34.9 Å². The monoisotopic (exact) mass is 383 g/mol. The van der Waals surface area contributed by atoms with Crippen LogP contribution in [0.15, 0.2) is 77.4 Å². The van der Waals surface area contributed by atoms with E-state index in [1.165, 1.54) is 6.26 Å². The van der Waals surface area contributed by atoms with Gasteiger partial charge in [0.05, 0.1) is 6.26 Å². The number of carbonyl (C=O) groups is 2. The van der Waals surface area contributed by atoms with Crippen molar-refractivity contribution in [1.82, 2.24) is 5.32 Å². The molecule has 2 aromatic carbocycles. The average Bonchev–Trinajstić information content (AvgIpc) is 3.22. The van der Waals surface area contributed by atoms with Crippen molar-refractivity contribution in [3.63, 3.8) is 0 Å². The smallest absolute Gasteiger partial charge is 0.326 e. The molecule has 6 nitrogen and oxygen atoms in total. The Morgan fingerprint density at radius 3 is 2.37 bits per heavy atom. The molecule has 3 rings (SSSR count). The lowest BCUT2D eigenvalue weighted by atomic mass is 10.3. The first-order valence-electron chi connectivity index (χ1n) is 8.34. The molecule has 0 atom stereocenters. The Bertz CT molecular complexity index is 881. The molecular formula is C20H18ClN3O3. The van der Waals surface area contributed by atoms with Crippen molar-refractivity contribution in [1.29, 1.82) is 0 Å². The molecule has 0 bridgehead atoms. The third kappa shape index (κ3) is 5.12. The van der Waals surface area contributed by atoms with Gasteiger partial charge in [-0.2, -0.15) is 0 Å². The zero-order valence-electron chi connectivity index (χ0n) is 14.4. The van der Waals surface area contributed by atoms with Gasteiger partial charge in [0, 0.05) is 29.5 Å². The van der Waals surface area contributed by atoms with Crippen molar-refractivity contribution in [3.8, 4) is 0 Å². The largest absolute Gasteiger partial charge is 0.459 e. The van der Waals surface area contributed by atoms with Gasteiger partial charge in [-0.15, -0.1) is 0 Å². The Hall–Kier alpha value is -3.25. The highest BCUT2D eigenvalue weighted by Gasteiger charge is 2.16. The molecule has 0 spiro atoms. The van der Waals surface area contributed by atoms with Crippen molar-refractivity contribution < 1.29 is 14.0 Å². The number of urea groups is 1. The van der Waals surface area contributed by atoms with Gasteiger partial charge < -0.3 is 15.1 Å². The van der Waals surface area contributed by atoms with Crippen LogP contribution in [-0.4, -0.2) is 25.0 Å². The molecule has 0 aliphatic heterocycles. The summed E-state index contributed by atoms with van der Waals surface area (Å²) in [4.78, 5) is 26.3. The number of furan rings is 1. The molecule has 0 radical (unpaired) electrons. The van der Waals surface area contributed by atoms with E-state index in [1.807, 2.05) is 30.3 Å². The topological polar surface area (TPSA) is 74.6 Å². The number of hydrogen-bond acceptors (Lipinski definition) is 3. The van der Waals surface area contributed by atoms with Crippen LogP contribution in [0.4, 0.5) is 16.2 Å². The summed E-state index contributed by atoms with van der Waals surface area (Å²) in [7, 11) is 0. The van der Waals surface area contributed by atoms with Crippen molar-refractivity contribution in [2.45, 2.75) is 0 Å². The van der Waals surface area contributed by atoms with E-state index in [4.69, 9.17) is 16.0 Å². The molecule has 1 aromatic heterocycles. The first kappa shape index (κ1) is 18.5. The SMILES string of the molecule is O=C(NCCN(C(=O)Nc1ccc(Cl)cc1)c1ccccc1)c1ccco1. The molecule has 0 aliphatic rings. The number of benzene rings is 2. The van der Waals surface area contributed by atoms with E-state index in [-0.39, 0.29) is 30.8 Å². The minimum absolute atomic E-state index is 0.229. The van der Waals surface area contributed by atoms with Crippen LogP contribution in [0, 0.1) is 0 Å². The Labute approximate surface area is 161 Å². The molecule has 1 heterocycles. The van der Waals surface area contributed by atoms with Crippen LogP contribution >= 0.6 is 11.6 Å². The van der Waals surface area contributed by atoms with E-state index in [9.17, 15) is 9.59 Å². The van der Waals surface area contributed by atoms with Crippen LogP contribution < -0.4 is 15.5 Å². The molecule has 0 saturated carbocycles. The maximum absolute atomic E-state index is 12.8. The van der Waals surface area contributed by atoms with Crippen LogP contribution in [0.2, 0.25) is 5.02 Å². The maximum atomic E-state index is 12.8. The molecule has 0 aliphatic carbocycles. The number of amides is 3. The predicted molar refractivity (Wildman–Crippen MR) is 105 cm³/mol. The second-order valence-electron chi connectivity index (χ2n) is 5.66. The number of rotatable bonds is 6. The Morgan fingerprint density at radius 1 is 0.963 bits per heavy atom. The number of nitrogens with one attached hydrogen (secondary N) is 2. The predicted octanol–water partition coefficient (Wildman–Crippen LogP) is 4.40. The number of anilines is 2. The minimum atomic E-state index is -0.328. The molecular weight excluding hydrogens is 366 g/mol. The van der Waals surface area contributed by atoms with Gasteiger partial charge >= 0.3 is 6.03 Å². The van der Waals surface area contributed by atoms with Gasteiger partial charge in [0.2, 0.25) is 0 Å². The summed E-state index contributed by atoms with van der Waals surface area (Å²) in [5.74, 6) is -0.0991. The highest BCUT2D eigenvalue weighted by Crippen LogP contribution is 2.17. The number of nitrogens with zero attached hydrogens (tertiary/aromatic N) is 1. The molecule has 27 heavy (non-hydrogen) atoms. The Kier molecular flexibility index (Phi) is 6.12. The lowest BCUT2D eigenvalue weighted by molar-refractivity contribution is 0.0927. The fourth-order valence-corrected chi connectivity index (χ4v) is 2.58. The lowest BCUT2D eigenvalue weighted by Crippen LogP contribution is -2.41. The van der Waals surface area contributed by atoms with Crippen LogP contribution in [0.3, 0.4) is 0 Å². The first-order valence-corrected chi connectivity index (χ1v) is 8.72. The molecule has 2 N–H and O–H groups in total. The molecule has 138 valence electrons. The van der Waals surface area contributed by atoms with E-state index in [2.05, 4.69) is 10.6 Å². The first-order chi connectivity index (χ1) is 13.1. The average molecular weight is 384 g/mol. The maximum Gasteiger partial charge on any atom is 0.326 e. The summed E-state index contributed by atoms with van der Waals surface area (Å²) in [6.45, 7) is 0.554. The summed E-state index contributed by atoms with van der Waals surface area (Å²) >= 11 is 5.88. The minimum Gasteiger partial charge on any atom is -0.459 e.